The Kier molecular flexibility index (Phi) is 10.0. The van der Waals surface area contributed by atoms with E-state index in [1.807, 2.05) is 0 Å². The van der Waals surface area contributed by atoms with E-state index in [4.69, 9.17) is 17.5 Å². The minimum absolute atomic E-state index is 0. The first-order valence-corrected chi connectivity index (χ1v) is 2.00. The summed E-state index contributed by atoms with van der Waals surface area (Å²) in [5.74, 6) is 0. The maximum Gasteiger partial charge on any atom is 3.00 e. The fraction of sp³-hybridized carbons (Fsp3) is 0. The van der Waals surface area contributed by atoms with Crippen LogP contribution in [-0.4, -0.2) is 17.5 Å². The Labute approximate surface area is 50.3 Å². The van der Waals surface area contributed by atoms with Crippen molar-refractivity contribution in [3.63, 3.8) is 0 Å². The topological polar surface area (TPSA) is 80.3 Å². The Morgan fingerprint density at radius 1 is 1.14 bits per heavy atom. The number of hydrogen-bond donors (Lipinski definition) is 0. The van der Waals surface area contributed by atoms with Crippen LogP contribution in [0.3, 0.4) is 0 Å². The van der Waals surface area contributed by atoms with Gasteiger partial charge in [0.15, 0.2) is 0 Å². The van der Waals surface area contributed by atoms with Crippen LogP contribution in [0.2, 0.25) is 0 Å². The molecule has 0 heterocycles. The van der Waals surface area contributed by atoms with Crippen LogP contribution in [-0.2, 0) is 27.5 Å². The second-order valence-electron chi connectivity index (χ2n) is 0.408. The van der Waals surface area contributed by atoms with Crippen LogP contribution < -0.4 is 4.70 Å². The average molecular weight is 170 g/mol. The third-order valence-corrected chi connectivity index (χ3v) is 0. The van der Waals surface area contributed by atoms with Gasteiger partial charge in [-0.3, -0.25) is 8.42 Å². The van der Waals surface area contributed by atoms with Crippen LogP contribution >= 0.6 is 0 Å². The van der Waals surface area contributed by atoms with Crippen molar-refractivity contribution >= 4 is 10.4 Å². The van der Waals surface area contributed by atoms with Crippen molar-refractivity contribution < 1.29 is 39.3 Å². The average Bonchev–Trinajstić information content (AvgIpc) is 0.722. The number of hydrogen-bond acceptors (Lipinski definition) is 4. The van der Waals surface area contributed by atoms with Gasteiger partial charge in [-0.2, -0.15) is 0 Å². The molecule has 0 amide bonds. The summed E-state index contributed by atoms with van der Waals surface area (Å²) in [6.45, 7) is 0. The third-order valence-electron chi connectivity index (χ3n) is 0. The molecule has 0 aromatic rings. The molecule has 0 bridgehead atoms. The Hall–Kier alpha value is 0.319. The minimum Gasteiger partial charge on any atom is -1.00 e. The van der Waals surface area contributed by atoms with E-state index in [1.54, 1.807) is 0 Å². The zero-order valence-corrected chi connectivity index (χ0v) is 4.79. The smallest absolute Gasteiger partial charge is 1.00 e. The van der Waals surface area contributed by atoms with Gasteiger partial charge in [-0.05, 0) is 0 Å². The Morgan fingerprint density at radius 2 is 1.14 bits per heavy atom. The summed E-state index contributed by atoms with van der Waals surface area (Å²) in [7, 11) is -5.17. The summed E-state index contributed by atoms with van der Waals surface area (Å²) in [5.41, 5.74) is 0. The minimum atomic E-state index is -5.17. The summed E-state index contributed by atoms with van der Waals surface area (Å²) >= 11 is 0. The van der Waals surface area contributed by atoms with Gasteiger partial charge in [-0.1, -0.05) is 0 Å². The number of rotatable bonds is 0. The largest absolute Gasteiger partial charge is 3.00 e. The van der Waals surface area contributed by atoms with Crippen molar-refractivity contribution in [3.8, 4) is 0 Å². The zero-order valence-electron chi connectivity index (χ0n) is 2.80. The van der Waals surface area contributed by atoms with E-state index < -0.39 is 10.4 Å². The van der Waals surface area contributed by atoms with Gasteiger partial charge in [-0.25, -0.2) is 0 Å². The molecule has 0 rings (SSSR count). The molecule has 7 heteroatoms. The fourth-order valence-corrected chi connectivity index (χ4v) is 0. The second-order valence-corrected chi connectivity index (χ2v) is 1.22. The normalized spacial score (nSPS) is 8.29. The predicted octanol–water partition coefficient (Wildman–Crippen LogP) is -4.34. The molecule has 0 unspecified atom stereocenters. The van der Waals surface area contributed by atoms with E-state index in [0.29, 0.717) is 0 Å². The maximum absolute atomic E-state index is 8.52. The van der Waals surface area contributed by atoms with Crippen LogP contribution in [0, 0.1) is 0 Å². The molecule has 0 N–H and O–H groups in total. The van der Waals surface area contributed by atoms with E-state index >= 15 is 0 Å². The molecule has 0 aromatic heterocycles. The van der Waals surface area contributed by atoms with Crippen molar-refractivity contribution in [1.82, 2.24) is 0 Å². The van der Waals surface area contributed by atoms with E-state index in [9.17, 15) is 0 Å². The molecule has 4 nitrogen and oxygen atoms in total. The third kappa shape index (κ3) is 1160. The van der Waals surface area contributed by atoms with Crippen molar-refractivity contribution in [1.29, 1.82) is 0 Å². The van der Waals surface area contributed by atoms with Crippen LogP contribution in [0.4, 0.5) is 0 Å². The van der Waals surface area contributed by atoms with Gasteiger partial charge in [-0.15, -0.1) is 0 Å². The predicted molar refractivity (Wildman–Crippen MR) is 10.5 cm³/mol. The van der Waals surface area contributed by atoms with Gasteiger partial charge in [0.2, 0.25) is 0 Å². The first-order valence-electron chi connectivity index (χ1n) is 0.667. The summed E-state index contributed by atoms with van der Waals surface area (Å²) in [6, 6.07) is 0. The second kappa shape index (κ2) is 4.48. The van der Waals surface area contributed by atoms with E-state index in [-0.39, 0.29) is 21.8 Å². The van der Waals surface area contributed by atoms with Gasteiger partial charge in [0.25, 0.3) is 0 Å². The van der Waals surface area contributed by atoms with Crippen molar-refractivity contribution in [2.45, 2.75) is 0 Å². The molecule has 0 saturated heterocycles. The molecule has 0 aliphatic heterocycles. The molecular formula is FMnO4S. The quantitative estimate of drug-likeness (QED) is 0.209. The molecule has 0 aliphatic rings. The summed E-state index contributed by atoms with van der Waals surface area (Å²) < 4.78 is 34.1. The molecule has 0 radical (unpaired) electrons. The van der Waals surface area contributed by atoms with Crippen molar-refractivity contribution in [2.75, 3.05) is 0 Å². The Bertz CT molecular complexity index is 94.9. The van der Waals surface area contributed by atoms with Crippen molar-refractivity contribution in [2.24, 2.45) is 0 Å². The van der Waals surface area contributed by atoms with Gasteiger partial charge < -0.3 is 13.8 Å². The van der Waals surface area contributed by atoms with Crippen LogP contribution in [0.25, 0.3) is 0 Å². The van der Waals surface area contributed by atoms with Crippen LogP contribution in [0.15, 0.2) is 0 Å². The molecule has 0 saturated carbocycles. The summed E-state index contributed by atoms with van der Waals surface area (Å²) in [5, 5.41) is 0. The van der Waals surface area contributed by atoms with Gasteiger partial charge in [0.1, 0.15) is 0 Å². The molecule has 44 valence electrons. The molecular weight excluding hydrogens is 170 g/mol. The maximum atomic E-state index is 8.52. The first-order chi connectivity index (χ1) is 2.00. The summed E-state index contributed by atoms with van der Waals surface area (Å²) in [4.78, 5) is 0. The molecule has 0 aliphatic carbocycles. The van der Waals surface area contributed by atoms with Gasteiger partial charge in [0, 0.05) is 10.4 Å². The van der Waals surface area contributed by atoms with Gasteiger partial charge in [0.05, 0.1) is 0 Å². The standard InChI is InChI=1S/FH.Mn.H2O4S/c;;1-5(2,3)4/h1H;;(H2,1,2,3,4)/q;+3;/p-3. The monoisotopic (exact) mass is 170 g/mol. The Balaban J connectivity index is -0.0000000800. The molecule has 0 aromatic carbocycles. The SMILES string of the molecule is O=S(=O)([O-])[O-].[F-].[Mn+3]. The fourth-order valence-electron chi connectivity index (χ4n) is 0. The first kappa shape index (κ1) is 15.7. The number of halogens is 1. The molecule has 0 fully saturated rings. The molecule has 0 spiro atoms. The molecule has 0 atom stereocenters. The van der Waals surface area contributed by atoms with E-state index in [1.165, 1.54) is 0 Å². The van der Waals surface area contributed by atoms with Crippen LogP contribution in [0.5, 0.6) is 0 Å². The zero-order chi connectivity index (χ0) is 4.50. The van der Waals surface area contributed by atoms with E-state index in [2.05, 4.69) is 0 Å². The summed E-state index contributed by atoms with van der Waals surface area (Å²) in [6.07, 6.45) is 0. The van der Waals surface area contributed by atoms with Crippen molar-refractivity contribution in [3.05, 3.63) is 0 Å². The Morgan fingerprint density at radius 3 is 1.14 bits per heavy atom. The van der Waals surface area contributed by atoms with Gasteiger partial charge >= 0.3 is 17.1 Å². The van der Waals surface area contributed by atoms with E-state index in [0.717, 1.165) is 0 Å². The molecule has 7 heavy (non-hydrogen) atoms. The van der Waals surface area contributed by atoms with Crippen LogP contribution in [0.1, 0.15) is 0 Å².